The van der Waals surface area contributed by atoms with Crippen molar-refractivity contribution in [1.29, 1.82) is 0 Å². The van der Waals surface area contributed by atoms with Crippen LogP contribution in [-0.2, 0) is 14.3 Å². The monoisotopic (exact) mass is 178 g/mol. The first-order chi connectivity index (χ1) is 4.66. The third-order valence-electron chi connectivity index (χ3n) is 0.550. The minimum absolute atomic E-state index is 0.0388. The molecule has 0 N–H and O–H groups in total. The molecule has 0 rings (SSSR count). The van der Waals surface area contributed by atoms with E-state index in [9.17, 15) is 4.79 Å². The summed E-state index contributed by atoms with van der Waals surface area (Å²) < 4.78 is 8.94. The van der Waals surface area contributed by atoms with E-state index >= 15 is 0 Å². The fraction of sp³-hybridized carbons (Fsp3) is 0.200. The van der Waals surface area contributed by atoms with Gasteiger partial charge in [-0.3, -0.25) is 0 Å². The second-order valence-corrected chi connectivity index (χ2v) is 2.28. The smallest absolute Gasteiger partial charge is 0.333 e. The van der Waals surface area contributed by atoms with Gasteiger partial charge in [-0.25, -0.2) is 4.79 Å². The molecule has 0 aliphatic carbocycles. The van der Waals surface area contributed by atoms with E-state index in [2.05, 4.69) is 40.9 Å². The molecule has 0 bridgehead atoms. The van der Waals surface area contributed by atoms with E-state index < -0.39 is 5.97 Å². The van der Waals surface area contributed by atoms with Crippen LogP contribution in [0, 0.1) is 0 Å². The SMILES string of the molecule is C=CC(=O)OCOC(=S)S. The summed E-state index contributed by atoms with van der Waals surface area (Å²) in [5.41, 5.74) is 0. The van der Waals surface area contributed by atoms with Gasteiger partial charge in [0.05, 0.1) is 0 Å². The number of hydrogen-bond acceptors (Lipinski definition) is 4. The zero-order chi connectivity index (χ0) is 7.98. The highest BCUT2D eigenvalue weighted by Crippen LogP contribution is 1.88. The molecule has 0 aromatic heterocycles. The average Bonchev–Trinajstić information content (AvgIpc) is 1.87. The van der Waals surface area contributed by atoms with Crippen LogP contribution in [0.5, 0.6) is 0 Å². The highest BCUT2D eigenvalue weighted by molar-refractivity contribution is 8.10. The number of thiocarbonyl (C=S) groups is 1. The average molecular weight is 178 g/mol. The Morgan fingerprint density at radius 1 is 1.70 bits per heavy atom. The lowest BCUT2D eigenvalue weighted by molar-refractivity contribution is -0.144. The van der Waals surface area contributed by atoms with Gasteiger partial charge in [-0.05, 0) is 12.2 Å². The third kappa shape index (κ3) is 5.58. The molecule has 0 fully saturated rings. The predicted octanol–water partition coefficient (Wildman–Crippen LogP) is 0.904. The maximum atomic E-state index is 10.3. The van der Waals surface area contributed by atoms with Crippen molar-refractivity contribution in [3.05, 3.63) is 12.7 Å². The first-order valence-corrected chi connectivity index (χ1v) is 3.17. The second-order valence-electron chi connectivity index (χ2n) is 1.20. The Morgan fingerprint density at radius 3 is 2.70 bits per heavy atom. The summed E-state index contributed by atoms with van der Waals surface area (Å²) in [6, 6.07) is 0. The highest BCUT2D eigenvalue weighted by Gasteiger charge is 1.94. The molecule has 3 nitrogen and oxygen atoms in total. The second kappa shape index (κ2) is 5.25. The first kappa shape index (κ1) is 9.45. The Hall–Kier alpha value is -0.550. The van der Waals surface area contributed by atoms with Gasteiger partial charge in [-0.1, -0.05) is 19.2 Å². The number of thiol groups is 1. The molecule has 0 aromatic rings. The van der Waals surface area contributed by atoms with Crippen molar-refractivity contribution >= 4 is 35.2 Å². The van der Waals surface area contributed by atoms with E-state index in [1.54, 1.807) is 0 Å². The third-order valence-corrected chi connectivity index (χ3v) is 0.797. The molecular formula is C5H6O3S2. The van der Waals surface area contributed by atoms with Crippen molar-refractivity contribution in [2.45, 2.75) is 0 Å². The summed E-state index contributed by atoms with van der Waals surface area (Å²) in [7, 11) is 0. The number of carbonyl (C=O) groups excluding carboxylic acids is 1. The molecule has 0 atom stereocenters. The number of hydrogen-bond donors (Lipinski definition) is 1. The van der Waals surface area contributed by atoms with Gasteiger partial charge in [0.1, 0.15) is 0 Å². The van der Waals surface area contributed by atoms with E-state index in [0.717, 1.165) is 6.08 Å². The number of esters is 1. The van der Waals surface area contributed by atoms with Gasteiger partial charge < -0.3 is 9.47 Å². The van der Waals surface area contributed by atoms with E-state index in [4.69, 9.17) is 0 Å². The van der Waals surface area contributed by atoms with Gasteiger partial charge in [0, 0.05) is 6.08 Å². The van der Waals surface area contributed by atoms with Crippen molar-refractivity contribution in [2.75, 3.05) is 6.79 Å². The quantitative estimate of drug-likeness (QED) is 0.229. The summed E-state index contributed by atoms with van der Waals surface area (Å²) in [5.74, 6) is -0.551. The topological polar surface area (TPSA) is 35.5 Å². The summed E-state index contributed by atoms with van der Waals surface area (Å²) in [6.45, 7) is 2.96. The van der Waals surface area contributed by atoms with Crippen LogP contribution in [0.4, 0.5) is 0 Å². The maximum absolute atomic E-state index is 10.3. The lowest BCUT2D eigenvalue weighted by atomic mass is 10.7. The molecule has 0 saturated heterocycles. The summed E-state index contributed by atoms with van der Waals surface area (Å²) >= 11 is 8.03. The van der Waals surface area contributed by atoms with Crippen LogP contribution in [0.15, 0.2) is 12.7 Å². The minimum atomic E-state index is -0.551. The van der Waals surface area contributed by atoms with Crippen LogP contribution in [-0.4, -0.2) is 17.1 Å². The molecule has 0 aliphatic heterocycles. The molecular weight excluding hydrogens is 172 g/mol. The lowest BCUT2D eigenvalue weighted by Crippen LogP contribution is -2.06. The molecule has 0 heterocycles. The fourth-order valence-corrected chi connectivity index (χ4v) is 0.298. The fourth-order valence-electron chi connectivity index (χ4n) is 0.197. The molecule has 5 heteroatoms. The summed E-state index contributed by atoms with van der Waals surface area (Å²) in [6.07, 6.45) is 1.03. The molecule has 0 unspecified atom stereocenters. The largest absolute Gasteiger partial charge is 0.441 e. The van der Waals surface area contributed by atoms with Crippen molar-refractivity contribution in [1.82, 2.24) is 0 Å². The Morgan fingerprint density at radius 2 is 2.30 bits per heavy atom. The maximum Gasteiger partial charge on any atom is 0.333 e. The van der Waals surface area contributed by atoms with Gasteiger partial charge >= 0.3 is 5.97 Å². The molecule has 0 amide bonds. The molecule has 0 saturated carbocycles. The van der Waals surface area contributed by atoms with Gasteiger partial charge in [0.15, 0.2) is 0 Å². The molecule has 0 aliphatic rings. The van der Waals surface area contributed by atoms with Gasteiger partial charge in [-0.15, -0.1) is 0 Å². The van der Waals surface area contributed by atoms with Gasteiger partial charge in [0.2, 0.25) is 11.2 Å². The van der Waals surface area contributed by atoms with E-state index in [-0.39, 0.29) is 11.2 Å². The Bertz CT molecular complexity index is 155. The molecule has 56 valence electrons. The Balaban J connectivity index is 3.28. The van der Waals surface area contributed by atoms with Crippen molar-refractivity contribution in [2.24, 2.45) is 0 Å². The summed E-state index contributed by atoms with van der Waals surface area (Å²) in [5, 5.41) is 0. The van der Waals surface area contributed by atoms with E-state index in [1.807, 2.05) is 0 Å². The van der Waals surface area contributed by atoms with Crippen LogP contribution in [0.1, 0.15) is 0 Å². The van der Waals surface area contributed by atoms with Crippen molar-refractivity contribution in [3.8, 4) is 0 Å². The number of carbonyl (C=O) groups is 1. The van der Waals surface area contributed by atoms with Gasteiger partial charge in [0.25, 0.3) is 0 Å². The van der Waals surface area contributed by atoms with Crippen molar-refractivity contribution < 1.29 is 14.3 Å². The molecule has 0 aromatic carbocycles. The minimum Gasteiger partial charge on any atom is -0.441 e. The van der Waals surface area contributed by atoms with Crippen LogP contribution in [0.2, 0.25) is 0 Å². The van der Waals surface area contributed by atoms with Crippen LogP contribution in [0.3, 0.4) is 0 Å². The highest BCUT2D eigenvalue weighted by atomic mass is 32.1. The molecule has 0 radical (unpaired) electrons. The zero-order valence-corrected chi connectivity index (χ0v) is 6.78. The van der Waals surface area contributed by atoms with Crippen LogP contribution >= 0.6 is 24.8 Å². The first-order valence-electron chi connectivity index (χ1n) is 2.31. The number of rotatable bonds is 3. The van der Waals surface area contributed by atoms with E-state index in [1.165, 1.54) is 0 Å². The van der Waals surface area contributed by atoms with Crippen LogP contribution in [0.25, 0.3) is 0 Å². The number of ether oxygens (including phenoxy) is 2. The van der Waals surface area contributed by atoms with E-state index in [0.29, 0.717) is 0 Å². The van der Waals surface area contributed by atoms with Crippen LogP contribution < -0.4 is 0 Å². The lowest BCUT2D eigenvalue weighted by Gasteiger charge is -2.01. The van der Waals surface area contributed by atoms with Gasteiger partial charge in [-0.2, -0.15) is 0 Å². The van der Waals surface area contributed by atoms with Crippen molar-refractivity contribution in [3.63, 3.8) is 0 Å². The Kier molecular flexibility index (Phi) is 4.96. The predicted molar refractivity (Wildman–Crippen MR) is 43.8 cm³/mol. The summed E-state index contributed by atoms with van der Waals surface area (Å²) in [4.78, 5) is 10.3. The normalized spacial score (nSPS) is 8.10. The molecule has 10 heavy (non-hydrogen) atoms. The Labute approximate surface area is 69.4 Å². The molecule has 0 spiro atoms. The standard InChI is InChI=1S/C5H6O3S2/c1-2-4(6)7-3-8-5(9)10/h2H,1,3H2,(H,9,10). The zero-order valence-electron chi connectivity index (χ0n) is 5.07.